The Kier molecular flexibility index (Phi) is 9.36. The summed E-state index contributed by atoms with van der Waals surface area (Å²) in [4.78, 5) is 22.4. The minimum Gasteiger partial charge on any atom is -0.466 e. The van der Waals surface area contributed by atoms with E-state index in [2.05, 4.69) is 50.6 Å². The van der Waals surface area contributed by atoms with Gasteiger partial charge in [-0.2, -0.15) is 0 Å². The quantitative estimate of drug-likeness (QED) is 0.245. The van der Waals surface area contributed by atoms with Crippen LogP contribution >= 0.6 is 0 Å². The molecule has 0 radical (unpaired) electrons. The molecule has 0 bridgehead atoms. The monoisotopic (exact) mass is 392 g/mol. The molecule has 0 aromatic heterocycles. The van der Waals surface area contributed by atoms with E-state index in [1.807, 2.05) is 0 Å². The summed E-state index contributed by atoms with van der Waals surface area (Å²) in [6.07, 6.45) is 2.79. The van der Waals surface area contributed by atoms with Crippen LogP contribution in [0.2, 0.25) is 51.9 Å². The third-order valence-electron chi connectivity index (χ3n) is 2.62. The molecule has 0 aliphatic rings. The average molecular weight is 393 g/mol. The Morgan fingerprint density at radius 3 is 1.71 bits per heavy atom. The van der Waals surface area contributed by atoms with Crippen molar-refractivity contribution in [1.82, 2.24) is 0 Å². The van der Waals surface area contributed by atoms with E-state index in [1.165, 1.54) is 7.11 Å². The van der Waals surface area contributed by atoms with Gasteiger partial charge in [0, 0.05) is 12.2 Å². The summed E-state index contributed by atoms with van der Waals surface area (Å²) in [6.45, 7) is 15.3. The zero-order valence-corrected chi connectivity index (χ0v) is 19.2. The van der Waals surface area contributed by atoms with E-state index in [0.717, 1.165) is 18.2 Å². The van der Waals surface area contributed by atoms with Gasteiger partial charge in [0.25, 0.3) is 0 Å². The molecule has 0 amide bonds. The van der Waals surface area contributed by atoms with Gasteiger partial charge in [-0.25, -0.2) is 9.59 Å². The number of hydrogen-bond donors (Lipinski definition) is 0. The van der Waals surface area contributed by atoms with E-state index in [-0.39, 0.29) is 6.61 Å². The molecule has 6 nitrogen and oxygen atoms in total. The number of carbonyl (C=O) groups excluding carboxylic acids is 2. The first kappa shape index (κ1) is 23.3. The summed E-state index contributed by atoms with van der Waals surface area (Å²) < 4.78 is 22.3. The fourth-order valence-corrected chi connectivity index (χ4v) is 14.7. The molecule has 0 atom stereocenters. The van der Waals surface area contributed by atoms with E-state index in [9.17, 15) is 9.59 Å². The van der Waals surface area contributed by atoms with Gasteiger partial charge < -0.3 is 17.7 Å². The molecule has 0 aliphatic carbocycles. The predicted molar refractivity (Wildman–Crippen MR) is 102 cm³/mol. The molecule has 0 spiro atoms. The molecular weight excluding hydrogens is 360 g/mol. The number of esters is 2. The largest absolute Gasteiger partial charge is 0.466 e. The molecule has 24 heavy (non-hydrogen) atoms. The fraction of sp³-hybridized carbons (Fsp3) is 0.733. The van der Waals surface area contributed by atoms with Gasteiger partial charge in [0.05, 0.1) is 13.7 Å². The van der Waals surface area contributed by atoms with Crippen LogP contribution in [0.1, 0.15) is 6.42 Å². The van der Waals surface area contributed by atoms with Crippen molar-refractivity contribution >= 4 is 37.1 Å². The average Bonchev–Trinajstić information content (AvgIpc) is 2.36. The van der Waals surface area contributed by atoms with Crippen LogP contribution in [0.15, 0.2) is 12.2 Å². The fourth-order valence-electron chi connectivity index (χ4n) is 2.24. The van der Waals surface area contributed by atoms with Crippen molar-refractivity contribution < 1.29 is 27.3 Å². The van der Waals surface area contributed by atoms with Crippen LogP contribution in [-0.2, 0) is 27.3 Å². The molecule has 0 aliphatic heterocycles. The summed E-state index contributed by atoms with van der Waals surface area (Å²) in [5.74, 6) is -1.14. The van der Waals surface area contributed by atoms with Crippen LogP contribution < -0.4 is 0 Å². The zero-order chi connectivity index (χ0) is 19.0. The van der Waals surface area contributed by atoms with Gasteiger partial charge in [0.2, 0.25) is 0 Å². The summed E-state index contributed by atoms with van der Waals surface area (Å²) in [7, 11) is -4.47. The minimum absolute atomic E-state index is 0.275. The first-order valence-corrected chi connectivity index (χ1v) is 17.4. The lowest BCUT2D eigenvalue weighted by atomic mass is 10.5. The lowest BCUT2D eigenvalue weighted by Crippen LogP contribution is -2.52. The second-order valence-corrected chi connectivity index (χ2v) is 20.5. The van der Waals surface area contributed by atoms with Crippen LogP contribution in [0, 0.1) is 0 Å². The normalized spacial score (nSPS) is 13.2. The maximum Gasteiger partial charge on any atom is 0.331 e. The summed E-state index contributed by atoms with van der Waals surface area (Å²) in [5, 5.41) is 0. The Labute approximate surface area is 149 Å². The maximum absolute atomic E-state index is 11.5. The highest BCUT2D eigenvalue weighted by molar-refractivity contribution is 6.87. The number of hydrogen-bond acceptors (Lipinski definition) is 6. The van der Waals surface area contributed by atoms with E-state index in [1.54, 1.807) is 0 Å². The summed E-state index contributed by atoms with van der Waals surface area (Å²) in [5.41, 5.74) is 0. The topological polar surface area (TPSA) is 71.1 Å². The number of rotatable bonds is 10. The Hall–Kier alpha value is -0.749. The van der Waals surface area contributed by atoms with Crippen molar-refractivity contribution in [2.24, 2.45) is 0 Å². The minimum atomic E-state index is -2.29. The van der Waals surface area contributed by atoms with Crippen LogP contribution in [0.3, 0.4) is 0 Å². The third-order valence-corrected chi connectivity index (χ3v) is 12.2. The van der Waals surface area contributed by atoms with Gasteiger partial charge in [-0.3, -0.25) is 0 Å². The van der Waals surface area contributed by atoms with E-state index in [0.29, 0.717) is 6.42 Å². The van der Waals surface area contributed by atoms with E-state index in [4.69, 9.17) is 13.0 Å². The van der Waals surface area contributed by atoms with Gasteiger partial charge in [-0.15, -0.1) is 0 Å². The van der Waals surface area contributed by atoms with Gasteiger partial charge in [0.15, 0.2) is 16.6 Å². The lowest BCUT2D eigenvalue weighted by Gasteiger charge is -2.38. The molecule has 0 rings (SSSR count). The molecule has 0 saturated carbocycles. The van der Waals surface area contributed by atoms with Gasteiger partial charge in [-0.05, 0) is 58.3 Å². The molecule has 0 fully saturated rings. The van der Waals surface area contributed by atoms with Crippen molar-refractivity contribution in [3.8, 4) is 0 Å². The lowest BCUT2D eigenvalue weighted by molar-refractivity contribution is -0.139. The molecule has 0 aromatic carbocycles. The zero-order valence-electron chi connectivity index (χ0n) is 16.2. The second kappa shape index (κ2) is 9.66. The number of ether oxygens (including phenoxy) is 2. The van der Waals surface area contributed by atoms with Crippen molar-refractivity contribution in [3.05, 3.63) is 12.2 Å². The summed E-state index contributed by atoms with van der Waals surface area (Å²) in [6, 6.07) is 0.773. The highest BCUT2D eigenvalue weighted by Gasteiger charge is 2.39. The molecular formula is C15H32O6Si3. The van der Waals surface area contributed by atoms with Gasteiger partial charge in [-0.1, -0.05) is 0 Å². The van der Waals surface area contributed by atoms with Crippen LogP contribution in [0.4, 0.5) is 0 Å². The Balaban J connectivity index is 4.50. The SMILES string of the molecule is COC(=O)/C=C/C(=O)OCCC[Si](C)(O[Si](C)(C)C)O[Si](C)(C)C. The highest BCUT2D eigenvalue weighted by atomic mass is 28.5. The summed E-state index contributed by atoms with van der Waals surface area (Å²) >= 11 is 0. The van der Waals surface area contributed by atoms with E-state index < -0.39 is 37.1 Å². The first-order chi connectivity index (χ1) is 10.8. The number of carbonyl (C=O) groups is 2. The molecule has 0 N–H and O–H groups in total. The third kappa shape index (κ3) is 12.6. The highest BCUT2D eigenvalue weighted by Crippen LogP contribution is 2.25. The van der Waals surface area contributed by atoms with E-state index >= 15 is 0 Å². The smallest absolute Gasteiger partial charge is 0.331 e. The Morgan fingerprint density at radius 1 is 0.833 bits per heavy atom. The molecule has 140 valence electrons. The molecule has 0 aromatic rings. The Morgan fingerprint density at radius 2 is 1.29 bits per heavy atom. The standard InChI is InChI=1S/C15H32O6Si3/c1-18-14(16)10-11-15(17)19-12-9-13-24(8,20-22(2,3)4)21-23(5,6)7/h10-11H,9,12-13H2,1-8H3/b11-10+. The van der Waals surface area contributed by atoms with Crippen molar-refractivity contribution in [1.29, 1.82) is 0 Å². The Bertz CT molecular complexity index is 435. The van der Waals surface area contributed by atoms with Crippen LogP contribution in [0.5, 0.6) is 0 Å². The van der Waals surface area contributed by atoms with Crippen molar-refractivity contribution in [3.63, 3.8) is 0 Å². The molecule has 0 heterocycles. The van der Waals surface area contributed by atoms with Crippen molar-refractivity contribution in [2.75, 3.05) is 13.7 Å². The molecule has 0 saturated heterocycles. The second-order valence-electron chi connectivity index (χ2n) is 7.69. The number of methoxy groups -OCH3 is 1. The van der Waals surface area contributed by atoms with Gasteiger partial charge >= 0.3 is 20.5 Å². The first-order valence-electron chi connectivity index (χ1n) is 8.09. The molecule has 0 unspecified atom stereocenters. The van der Waals surface area contributed by atoms with Crippen LogP contribution in [0.25, 0.3) is 0 Å². The van der Waals surface area contributed by atoms with Crippen LogP contribution in [-0.4, -0.2) is 50.9 Å². The van der Waals surface area contributed by atoms with Crippen molar-refractivity contribution in [2.45, 2.75) is 58.3 Å². The molecule has 9 heteroatoms. The predicted octanol–water partition coefficient (Wildman–Crippen LogP) is 3.42. The maximum atomic E-state index is 11.5. The van der Waals surface area contributed by atoms with Gasteiger partial charge in [0.1, 0.15) is 0 Å².